The average molecular weight is 382 g/mol. The molecule has 0 fully saturated rings. The number of nitrogens with one attached hydrogen (secondary N) is 2. The predicted molar refractivity (Wildman–Crippen MR) is 93.6 cm³/mol. The Labute approximate surface area is 149 Å². The van der Waals surface area contributed by atoms with E-state index in [1.807, 2.05) is 0 Å². The molecule has 0 radical (unpaired) electrons. The van der Waals surface area contributed by atoms with Gasteiger partial charge in [0.1, 0.15) is 6.10 Å². The molecule has 0 aliphatic heterocycles. The van der Waals surface area contributed by atoms with Gasteiger partial charge in [0.2, 0.25) is 11.8 Å². The minimum Gasteiger partial charge on any atom is -0.385 e. The summed E-state index contributed by atoms with van der Waals surface area (Å²) in [5.74, 6) is -0.346. The summed E-state index contributed by atoms with van der Waals surface area (Å²) in [5, 5.41) is 5.28. The first-order valence-corrected chi connectivity index (χ1v) is 9.66. The molecular formula is C15H31N2O7P. The van der Waals surface area contributed by atoms with Gasteiger partial charge in [-0.3, -0.25) is 14.2 Å². The number of hydrogen-bond acceptors (Lipinski definition) is 6. The van der Waals surface area contributed by atoms with Gasteiger partial charge in [0.05, 0.1) is 0 Å². The highest BCUT2D eigenvalue weighted by Crippen LogP contribution is 2.17. The normalized spacial score (nSPS) is 12.2. The topological polar surface area (TPSA) is 123 Å². The molecule has 0 rings (SSSR count). The quantitative estimate of drug-likeness (QED) is 0.264. The van der Waals surface area contributed by atoms with E-state index in [1.54, 1.807) is 14.2 Å². The Kier molecular flexibility index (Phi) is 15.8. The van der Waals surface area contributed by atoms with Crippen molar-refractivity contribution in [2.45, 2.75) is 44.6 Å². The van der Waals surface area contributed by atoms with Gasteiger partial charge < -0.3 is 29.5 Å². The minimum absolute atomic E-state index is 0.0596. The van der Waals surface area contributed by atoms with Gasteiger partial charge in [-0.2, -0.15) is 0 Å². The monoisotopic (exact) mass is 382 g/mol. The summed E-state index contributed by atoms with van der Waals surface area (Å²) in [4.78, 5) is 32.3. The zero-order chi connectivity index (χ0) is 18.9. The Morgan fingerprint density at radius 1 is 0.920 bits per heavy atom. The lowest BCUT2D eigenvalue weighted by atomic mass is 10.2. The van der Waals surface area contributed by atoms with Crippen molar-refractivity contribution in [2.24, 2.45) is 0 Å². The first kappa shape index (κ1) is 24.0. The van der Waals surface area contributed by atoms with E-state index >= 15 is 0 Å². The van der Waals surface area contributed by atoms with Crippen LogP contribution in [0.2, 0.25) is 0 Å². The number of carbonyl (C=O) groups excluding carboxylic acids is 2. The third-order valence-electron chi connectivity index (χ3n) is 3.33. The van der Waals surface area contributed by atoms with Crippen molar-refractivity contribution in [3.8, 4) is 0 Å². The fraction of sp³-hybridized carbons (Fsp3) is 0.867. The zero-order valence-electron chi connectivity index (χ0n) is 15.0. The second-order valence-corrected chi connectivity index (χ2v) is 6.28. The van der Waals surface area contributed by atoms with Crippen molar-refractivity contribution in [3.63, 3.8) is 0 Å². The van der Waals surface area contributed by atoms with Gasteiger partial charge in [0, 0.05) is 53.4 Å². The van der Waals surface area contributed by atoms with Crippen LogP contribution in [0, 0.1) is 0 Å². The molecule has 0 bridgehead atoms. The highest BCUT2D eigenvalue weighted by Gasteiger charge is 2.14. The first-order chi connectivity index (χ1) is 12.0. The maximum absolute atomic E-state index is 11.7. The molecule has 148 valence electrons. The van der Waals surface area contributed by atoms with Gasteiger partial charge in [0.15, 0.2) is 0 Å². The lowest BCUT2D eigenvalue weighted by Gasteiger charge is -2.17. The fourth-order valence-electron chi connectivity index (χ4n) is 1.99. The van der Waals surface area contributed by atoms with Gasteiger partial charge in [-0.25, -0.2) is 0 Å². The van der Waals surface area contributed by atoms with E-state index in [0.29, 0.717) is 38.9 Å². The smallest absolute Gasteiger partial charge is 0.316 e. The fourth-order valence-corrected chi connectivity index (χ4v) is 2.45. The van der Waals surface area contributed by atoms with Crippen LogP contribution in [-0.2, 0) is 28.2 Å². The molecule has 1 unspecified atom stereocenters. The molecule has 0 saturated carbocycles. The van der Waals surface area contributed by atoms with Crippen molar-refractivity contribution >= 4 is 20.1 Å². The van der Waals surface area contributed by atoms with Crippen LogP contribution >= 0.6 is 8.25 Å². The molecule has 0 aromatic carbocycles. The molecule has 0 spiro atoms. The van der Waals surface area contributed by atoms with Crippen LogP contribution in [0.15, 0.2) is 0 Å². The average Bonchev–Trinajstić information content (AvgIpc) is 2.57. The second-order valence-electron chi connectivity index (χ2n) is 5.51. The highest BCUT2D eigenvalue weighted by atomic mass is 31.1. The summed E-state index contributed by atoms with van der Waals surface area (Å²) in [6.45, 7) is 1.32. The van der Waals surface area contributed by atoms with Crippen LogP contribution in [0.5, 0.6) is 0 Å². The van der Waals surface area contributed by atoms with Crippen LogP contribution < -0.4 is 10.6 Å². The maximum Gasteiger partial charge on any atom is 0.316 e. The molecule has 0 aromatic rings. The molecule has 0 heterocycles. The molecule has 0 aliphatic rings. The van der Waals surface area contributed by atoms with Crippen LogP contribution in [-0.4, -0.2) is 63.3 Å². The van der Waals surface area contributed by atoms with Gasteiger partial charge in [-0.1, -0.05) is 0 Å². The van der Waals surface area contributed by atoms with E-state index in [9.17, 15) is 14.2 Å². The Hall–Kier alpha value is -0.990. The van der Waals surface area contributed by atoms with Gasteiger partial charge >= 0.3 is 8.25 Å². The van der Waals surface area contributed by atoms with E-state index in [-0.39, 0.29) is 24.9 Å². The Balaban J connectivity index is 4.04. The van der Waals surface area contributed by atoms with E-state index in [1.165, 1.54) is 0 Å². The largest absolute Gasteiger partial charge is 0.385 e. The van der Waals surface area contributed by atoms with Crippen molar-refractivity contribution in [1.82, 2.24) is 10.6 Å². The van der Waals surface area contributed by atoms with Gasteiger partial charge in [0.25, 0.3) is 0 Å². The second kappa shape index (κ2) is 16.5. The number of methoxy groups -OCH3 is 2. The SMILES string of the molecule is COCCCCC(=O)NCC(CNC(=O)CCCCOC)O[PH](=O)O. The van der Waals surface area contributed by atoms with Crippen LogP contribution in [0.3, 0.4) is 0 Å². The summed E-state index contributed by atoms with van der Waals surface area (Å²) < 4.78 is 25.6. The summed E-state index contributed by atoms with van der Waals surface area (Å²) in [6, 6.07) is 0. The van der Waals surface area contributed by atoms with E-state index < -0.39 is 14.4 Å². The maximum atomic E-state index is 11.7. The number of rotatable bonds is 16. The number of hydrogen-bond donors (Lipinski definition) is 3. The van der Waals surface area contributed by atoms with Crippen LogP contribution in [0.25, 0.3) is 0 Å². The molecule has 0 aliphatic carbocycles. The van der Waals surface area contributed by atoms with E-state index in [4.69, 9.17) is 18.9 Å². The Morgan fingerprint density at radius 2 is 1.36 bits per heavy atom. The molecule has 3 N–H and O–H groups in total. The lowest BCUT2D eigenvalue weighted by Crippen LogP contribution is -2.40. The molecule has 2 amide bonds. The number of carbonyl (C=O) groups is 2. The van der Waals surface area contributed by atoms with Crippen molar-refractivity contribution < 1.29 is 33.0 Å². The van der Waals surface area contributed by atoms with Crippen molar-refractivity contribution in [3.05, 3.63) is 0 Å². The summed E-state index contributed by atoms with van der Waals surface area (Å²) >= 11 is 0. The molecule has 0 aromatic heterocycles. The molecule has 0 saturated heterocycles. The predicted octanol–water partition coefficient (Wildman–Crippen LogP) is 0.619. The lowest BCUT2D eigenvalue weighted by molar-refractivity contribution is -0.121. The first-order valence-electron chi connectivity index (χ1n) is 8.40. The summed E-state index contributed by atoms with van der Waals surface area (Å²) in [5.41, 5.74) is 0. The Morgan fingerprint density at radius 3 is 1.72 bits per heavy atom. The van der Waals surface area contributed by atoms with E-state index in [0.717, 1.165) is 12.8 Å². The highest BCUT2D eigenvalue weighted by molar-refractivity contribution is 7.32. The van der Waals surface area contributed by atoms with Crippen molar-refractivity contribution in [1.29, 1.82) is 0 Å². The van der Waals surface area contributed by atoms with Crippen molar-refractivity contribution in [2.75, 3.05) is 40.5 Å². The number of ether oxygens (including phenoxy) is 2. The third kappa shape index (κ3) is 16.2. The van der Waals surface area contributed by atoms with Gasteiger partial charge in [-0.15, -0.1) is 0 Å². The summed E-state index contributed by atoms with van der Waals surface area (Å²) in [7, 11) is 0.0432. The molecular weight excluding hydrogens is 351 g/mol. The number of amides is 2. The zero-order valence-corrected chi connectivity index (χ0v) is 16.0. The molecule has 25 heavy (non-hydrogen) atoms. The van der Waals surface area contributed by atoms with Gasteiger partial charge in [-0.05, 0) is 25.7 Å². The Bertz CT molecular complexity index is 368. The minimum atomic E-state index is -3.16. The molecule has 10 heteroatoms. The third-order valence-corrected chi connectivity index (χ3v) is 3.86. The molecule has 9 nitrogen and oxygen atoms in total. The van der Waals surface area contributed by atoms with Crippen LogP contribution in [0.1, 0.15) is 38.5 Å². The summed E-state index contributed by atoms with van der Waals surface area (Å²) in [6.07, 6.45) is 2.90. The van der Waals surface area contributed by atoms with Crippen LogP contribution in [0.4, 0.5) is 0 Å². The van der Waals surface area contributed by atoms with E-state index in [2.05, 4.69) is 10.6 Å². The standard InChI is InChI=1S/C15H31N2O7P/c1-22-9-5-3-7-14(18)16-11-13(24-25(20)21)12-17-15(19)8-4-6-10-23-2/h13,25H,3-12H2,1-2H3,(H,16,18)(H,17,19)(H,20,21). The molecule has 1 atom stereocenters. The number of unbranched alkanes of at least 4 members (excludes halogenated alkanes) is 2.